The third-order valence-corrected chi connectivity index (χ3v) is 7.35. The number of benzene rings is 3. The summed E-state index contributed by atoms with van der Waals surface area (Å²) in [7, 11) is 1.60. The van der Waals surface area contributed by atoms with E-state index in [9.17, 15) is 9.59 Å². The number of aromatic nitrogens is 3. The van der Waals surface area contributed by atoms with E-state index in [1.807, 2.05) is 67.6 Å². The fourth-order valence-electron chi connectivity index (χ4n) is 5.17. The fraction of sp³-hybridized carbons (Fsp3) is 0.290. The van der Waals surface area contributed by atoms with Gasteiger partial charge in [0.2, 0.25) is 11.8 Å². The van der Waals surface area contributed by atoms with E-state index in [0.29, 0.717) is 18.0 Å². The Bertz CT molecular complexity index is 1480. The molecule has 39 heavy (non-hydrogen) atoms. The lowest BCUT2D eigenvalue weighted by atomic mass is 9.85. The fourth-order valence-corrected chi connectivity index (χ4v) is 5.17. The molecule has 0 radical (unpaired) electrons. The van der Waals surface area contributed by atoms with E-state index >= 15 is 0 Å². The first-order chi connectivity index (χ1) is 19.0. The molecule has 5 rings (SSSR count). The molecule has 0 aliphatic heterocycles. The normalized spacial score (nSPS) is 15.6. The molecular weight excluding hydrogens is 490 g/mol. The second-order valence-electron chi connectivity index (χ2n) is 9.89. The molecule has 0 fully saturated rings. The van der Waals surface area contributed by atoms with Gasteiger partial charge in [0.15, 0.2) is 0 Å². The van der Waals surface area contributed by atoms with Gasteiger partial charge in [0.05, 0.1) is 12.6 Å². The van der Waals surface area contributed by atoms with Crippen molar-refractivity contribution in [3.05, 3.63) is 96.1 Å². The van der Waals surface area contributed by atoms with E-state index in [2.05, 4.69) is 27.8 Å². The molecule has 1 heterocycles. The molecule has 0 saturated carbocycles. The first-order valence-corrected chi connectivity index (χ1v) is 13.3. The number of allylic oxidation sites excluding steroid dienone is 2. The van der Waals surface area contributed by atoms with Crippen LogP contribution in [0.1, 0.15) is 30.4 Å². The lowest BCUT2D eigenvalue weighted by Gasteiger charge is -2.37. The lowest BCUT2D eigenvalue weighted by molar-refractivity contribution is -0.142. The lowest BCUT2D eigenvalue weighted by Crippen LogP contribution is -2.52. The van der Waals surface area contributed by atoms with Crippen LogP contribution in [0.2, 0.25) is 0 Å². The van der Waals surface area contributed by atoms with Gasteiger partial charge in [-0.3, -0.25) is 9.59 Å². The first kappa shape index (κ1) is 26.2. The van der Waals surface area contributed by atoms with Crippen LogP contribution in [0.15, 0.2) is 84.9 Å². The van der Waals surface area contributed by atoms with E-state index in [1.165, 1.54) is 0 Å². The van der Waals surface area contributed by atoms with E-state index < -0.39 is 6.04 Å². The largest absolute Gasteiger partial charge is 0.497 e. The maximum Gasteiger partial charge on any atom is 0.247 e. The molecule has 8 nitrogen and oxygen atoms in total. The number of hydrogen-bond acceptors (Lipinski definition) is 5. The number of rotatable bonds is 9. The minimum atomic E-state index is -0.668. The smallest absolute Gasteiger partial charge is 0.247 e. The van der Waals surface area contributed by atoms with Crippen molar-refractivity contribution in [2.45, 2.75) is 45.3 Å². The molecule has 4 aromatic rings. The molecule has 200 valence electrons. The number of aryl methyl sites for hydroxylation is 1. The van der Waals surface area contributed by atoms with Gasteiger partial charge in [-0.2, -0.15) is 0 Å². The molecule has 1 aromatic heterocycles. The van der Waals surface area contributed by atoms with E-state index in [1.54, 1.807) is 28.8 Å². The highest BCUT2D eigenvalue weighted by atomic mass is 16.5. The number of nitrogens with zero attached hydrogens (tertiary/aromatic N) is 4. The van der Waals surface area contributed by atoms with Crippen LogP contribution in [0, 0.1) is 12.8 Å². The number of nitrogens with one attached hydrogen (secondary N) is 1. The summed E-state index contributed by atoms with van der Waals surface area (Å²) in [5.74, 6) is 0.302. The van der Waals surface area contributed by atoms with Crippen LogP contribution in [-0.4, -0.2) is 44.9 Å². The summed E-state index contributed by atoms with van der Waals surface area (Å²) in [5.41, 5.74) is 4.23. The second-order valence-corrected chi connectivity index (χ2v) is 9.89. The average molecular weight is 524 g/mol. The van der Waals surface area contributed by atoms with Gasteiger partial charge in [0.25, 0.3) is 0 Å². The summed E-state index contributed by atoms with van der Waals surface area (Å²) < 4.78 is 6.87. The minimum Gasteiger partial charge on any atom is -0.497 e. The molecule has 1 N–H and O–H groups in total. The Morgan fingerprint density at radius 3 is 2.56 bits per heavy atom. The van der Waals surface area contributed by atoms with Crippen molar-refractivity contribution < 1.29 is 14.3 Å². The number of anilines is 1. The molecule has 3 aromatic carbocycles. The van der Waals surface area contributed by atoms with Crippen LogP contribution in [0.25, 0.3) is 11.0 Å². The van der Waals surface area contributed by atoms with Crippen molar-refractivity contribution in [3.8, 4) is 5.75 Å². The van der Waals surface area contributed by atoms with Gasteiger partial charge in [0.1, 0.15) is 23.9 Å². The summed E-state index contributed by atoms with van der Waals surface area (Å²) in [4.78, 5) is 29.9. The zero-order chi connectivity index (χ0) is 27.2. The molecule has 0 saturated heterocycles. The Hall–Kier alpha value is -4.46. The SMILES string of the molecule is COc1ccc(NC(=O)[C@H]([C@H]2CC=CCC2)N(Cc2ccccc2C)C(=O)Cn2nnc3ccccc32)cc1. The second kappa shape index (κ2) is 11.9. The number of fused-ring (bicyclic) bond motifs is 1. The Balaban J connectivity index is 1.50. The van der Waals surface area contributed by atoms with Gasteiger partial charge in [-0.25, -0.2) is 4.68 Å². The maximum absolute atomic E-state index is 14.1. The van der Waals surface area contributed by atoms with Gasteiger partial charge in [-0.1, -0.05) is 53.8 Å². The zero-order valence-electron chi connectivity index (χ0n) is 22.3. The third kappa shape index (κ3) is 6.00. The molecule has 0 spiro atoms. The number of hydrogen-bond donors (Lipinski definition) is 1. The third-order valence-electron chi connectivity index (χ3n) is 7.35. The Morgan fingerprint density at radius 2 is 1.82 bits per heavy atom. The van der Waals surface area contributed by atoms with Crippen LogP contribution in [0.5, 0.6) is 5.75 Å². The summed E-state index contributed by atoms with van der Waals surface area (Å²) in [6, 6.07) is 22.1. The average Bonchev–Trinajstić information content (AvgIpc) is 3.37. The molecule has 1 aliphatic rings. The summed E-state index contributed by atoms with van der Waals surface area (Å²) in [6.45, 7) is 2.33. The van der Waals surface area contributed by atoms with Gasteiger partial charge < -0.3 is 15.0 Å². The Kier molecular flexibility index (Phi) is 8.01. The van der Waals surface area contributed by atoms with Gasteiger partial charge in [0, 0.05) is 12.2 Å². The Morgan fingerprint density at radius 1 is 1.05 bits per heavy atom. The zero-order valence-corrected chi connectivity index (χ0v) is 22.3. The quantitative estimate of drug-likeness (QED) is 0.307. The van der Waals surface area contributed by atoms with Crippen molar-refractivity contribution >= 4 is 28.5 Å². The topological polar surface area (TPSA) is 89.4 Å². The van der Waals surface area contributed by atoms with Crippen LogP contribution < -0.4 is 10.1 Å². The van der Waals surface area contributed by atoms with E-state index in [4.69, 9.17) is 4.74 Å². The first-order valence-electron chi connectivity index (χ1n) is 13.3. The molecular formula is C31H33N5O3. The number of para-hydroxylation sites is 1. The van der Waals surface area contributed by atoms with Crippen molar-refractivity contribution in [1.29, 1.82) is 0 Å². The van der Waals surface area contributed by atoms with Gasteiger partial charge in [-0.05, 0) is 79.6 Å². The monoisotopic (exact) mass is 523 g/mol. The molecule has 2 amide bonds. The van der Waals surface area contributed by atoms with E-state index in [-0.39, 0.29) is 24.3 Å². The van der Waals surface area contributed by atoms with Crippen LogP contribution in [0.4, 0.5) is 5.69 Å². The van der Waals surface area contributed by atoms with Crippen molar-refractivity contribution in [2.75, 3.05) is 12.4 Å². The van der Waals surface area contributed by atoms with Crippen molar-refractivity contribution in [1.82, 2.24) is 19.9 Å². The minimum absolute atomic E-state index is 0.0126. The van der Waals surface area contributed by atoms with Crippen LogP contribution >= 0.6 is 0 Å². The molecule has 0 unspecified atom stereocenters. The maximum atomic E-state index is 14.1. The van der Waals surface area contributed by atoms with Crippen LogP contribution in [0.3, 0.4) is 0 Å². The number of methoxy groups -OCH3 is 1. The van der Waals surface area contributed by atoms with Gasteiger partial charge >= 0.3 is 0 Å². The summed E-state index contributed by atoms with van der Waals surface area (Å²) in [5, 5.41) is 11.5. The van der Waals surface area contributed by atoms with Gasteiger partial charge in [-0.15, -0.1) is 5.10 Å². The van der Waals surface area contributed by atoms with E-state index in [0.717, 1.165) is 41.4 Å². The number of amides is 2. The predicted octanol–water partition coefficient (Wildman–Crippen LogP) is 5.14. The highest BCUT2D eigenvalue weighted by Crippen LogP contribution is 2.29. The highest BCUT2D eigenvalue weighted by Gasteiger charge is 2.37. The molecule has 1 aliphatic carbocycles. The van der Waals surface area contributed by atoms with Crippen molar-refractivity contribution in [2.24, 2.45) is 5.92 Å². The van der Waals surface area contributed by atoms with Crippen molar-refractivity contribution in [3.63, 3.8) is 0 Å². The summed E-state index contributed by atoms with van der Waals surface area (Å²) >= 11 is 0. The highest BCUT2D eigenvalue weighted by molar-refractivity contribution is 5.97. The Labute approximate surface area is 228 Å². The number of ether oxygens (including phenoxy) is 1. The predicted molar refractivity (Wildman–Crippen MR) is 151 cm³/mol. The number of carbonyl (C=O) groups excluding carboxylic acids is 2. The molecule has 0 bridgehead atoms. The summed E-state index contributed by atoms with van der Waals surface area (Å²) in [6.07, 6.45) is 6.68. The van der Waals surface area contributed by atoms with Crippen LogP contribution in [-0.2, 0) is 22.7 Å². The number of carbonyl (C=O) groups is 2. The standard InChI is InChI=1S/C31H33N5O3/c1-22-10-6-7-13-24(22)20-35(29(37)21-36-28-15-9-8-14-27(28)33-34-36)30(23-11-4-3-5-12-23)31(38)32-25-16-18-26(39-2)19-17-25/h3-4,6-10,13-19,23,30H,5,11-12,20-21H2,1-2H3,(H,32,38)/t23-,30-/m0/s1. The molecule has 2 atom stereocenters. The molecule has 8 heteroatoms.